The Morgan fingerprint density at radius 2 is 1.71 bits per heavy atom. The van der Waals surface area contributed by atoms with Crippen molar-refractivity contribution < 1.29 is 0 Å². The first kappa shape index (κ1) is 8.00. The van der Waals surface area contributed by atoms with Gasteiger partial charge in [-0.25, -0.2) is 0 Å². The maximum atomic E-state index is 3.20. The molecule has 0 bridgehead atoms. The highest BCUT2D eigenvalue weighted by Gasteiger charge is 2.10. The molecule has 0 rings (SSSR count). The van der Waals surface area contributed by atoms with Gasteiger partial charge < -0.3 is 0 Å². The largest absolute Gasteiger partial charge is 0.194 e. The van der Waals surface area contributed by atoms with Crippen LogP contribution in [0.3, 0.4) is 0 Å². The van der Waals surface area contributed by atoms with Gasteiger partial charge in [0.25, 0.3) is 0 Å². The highest BCUT2D eigenvalue weighted by Crippen LogP contribution is 2.31. The van der Waals surface area contributed by atoms with E-state index < -0.39 is 0 Å². The molecule has 40 valence electrons. The Morgan fingerprint density at radius 3 is 1.71 bits per heavy atom. The molecule has 0 aromatic carbocycles. The molecule has 0 nitrogen and oxygen atoms in total. The fourth-order valence-electron chi connectivity index (χ4n) is 0.142. The predicted octanol–water partition coefficient (Wildman–Crippen LogP) is 2.85. The normalized spacial score (nSPS) is 9.71. The lowest BCUT2D eigenvalue weighted by Gasteiger charge is -1.97. The van der Waals surface area contributed by atoms with Crippen LogP contribution < -0.4 is 0 Å². The Bertz CT molecular complexity index is 100. The van der Waals surface area contributed by atoms with Crippen molar-refractivity contribution in [2.45, 2.75) is 9.07 Å². The van der Waals surface area contributed by atoms with E-state index in [0.29, 0.717) is 0 Å². The molecule has 0 radical (unpaired) electrons. The zero-order valence-electron chi connectivity index (χ0n) is 3.63. The third kappa shape index (κ3) is 7.00. The third-order valence-corrected chi connectivity index (χ3v) is 0.861. The molecule has 0 amide bonds. The number of hydrogen-bond donors (Lipinski definition) is 0. The summed E-state index contributed by atoms with van der Waals surface area (Å²) in [7, 11) is 0. The summed E-state index contributed by atoms with van der Waals surface area (Å²) in [6, 6.07) is 0. The highest BCUT2D eigenvalue weighted by atomic mass is 80.0. The Hall–Kier alpha value is 1.00. The second kappa shape index (κ2) is 3.11. The summed E-state index contributed by atoms with van der Waals surface area (Å²) in [5.41, 5.74) is 0. The predicted molar refractivity (Wildman–Crippen MR) is 43.0 cm³/mol. The molecule has 0 aromatic heterocycles. The van der Waals surface area contributed by atoms with Crippen LogP contribution in [0.2, 0.25) is 0 Å². The van der Waals surface area contributed by atoms with Crippen molar-refractivity contribution in [1.82, 2.24) is 0 Å². The SMILES string of the molecule is CC#CC(Br)(Br)Br. The molecular weight excluding hydrogens is 288 g/mol. The monoisotopic (exact) mass is 288 g/mol. The quantitative estimate of drug-likeness (QED) is 0.475. The van der Waals surface area contributed by atoms with E-state index in [1.165, 1.54) is 0 Å². The summed E-state index contributed by atoms with van der Waals surface area (Å²) in [6.45, 7) is 1.78. The van der Waals surface area contributed by atoms with Crippen LogP contribution in [-0.4, -0.2) is 2.14 Å². The number of hydrogen-bond acceptors (Lipinski definition) is 0. The van der Waals surface area contributed by atoms with E-state index in [2.05, 4.69) is 59.6 Å². The minimum absolute atomic E-state index is 0.373. The molecule has 3 heteroatoms. The summed E-state index contributed by atoms with van der Waals surface area (Å²) in [5.74, 6) is 5.50. The summed E-state index contributed by atoms with van der Waals surface area (Å²) in [4.78, 5) is 0. The van der Waals surface area contributed by atoms with Crippen molar-refractivity contribution in [3.8, 4) is 11.8 Å². The first-order valence-electron chi connectivity index (χ1n) is 1.57. The highest BCUT2D eigenvalue weighted by molar-refractivity contribution is 9.39. The van der Waals surface area contributed by atoms with E-state index in [1.54, 1.807) is 6.92 Å². The molecule has 0 aliphatic carbocycles. The first-order valence-corrected chi connectivity index (χ1v) is 3.95. The van der Waals surface area contributed by atoms with Gasteiger partial charge in [-0.15, -0.1) is 5.92 Å². The van der Waals surface area contributed by atoms with Crippen LogP contribution in [0.5, 0.6) is 0 Å². The van der Waals surface area contributed by atoms with E-state index >= 15 is 0 Å². The minimum atomic E-state index is -0.373. The molecule has 0 saturated heterocycles. The molecular formula is C4H3Br3. The molecule has 0 aliphatic heterocycles. The Kier molecular flexibility index (Phi) is 3.56. The zero-order chi connectivity index (χ0) is 5.91. The van der Waals surface area contributed by atoms with Crippen molar-refractivity contribution in [3.63, 3.8) is 0 Å². The van der Waals surface area contributed by atoms with Gasteiger partial charge >= 0.3 is 0 Å². The lowest BCUT2D eigenvalue weighted by atomic mass is 10.7. The van der Waals surface area contributed by atoms with E-state index in [-0.39, 0.29) is 2.14 Å². The second-order valence-corrected chi connectivity index (χ2v) is 7.63. The van der Waals surface area contributed by atoms with Crippen molar-refractivity contribution in [1.29, 1.82) is 0 Å². The lowest BCUT2D eigenvalue weighted by molar-refractivity contribution is 1.74. The van der Waals surface area contributed by atoms with Gasteiger partial charge in [0.05, 0.1) is 0 Å². The van der Waals surface area contributed by atoms with Gasteiger partial charge in [0, 0.05) is 0 Å². The molecule has 7 heavy (non-hydrogen) atoms. The molecule has 0 unspecified atom stereocenters. The number of rotatable bonds is 0. The zero-order valence-corrected chi connectivity index (χ0v) is 8.39. The van der Waals surface area contributed by atoms with Crippen LogP contribution in [-0.2, 0) is 0 Å². The van der Waals surface area contributed by atoms with Gasteiger partial charge in [0.1, 0.15) is 0 Å². The Morgan fingerprint density at radius 1 is 1.29 bits per heavy atom. The van der Waals surface area contributed by atoms with Gasteiger partial charge in [-0.2, -0.15) is 0 Å². The van der Waals surface area contributed by atoms with Crippen LogP contribution in [0.25, 0.3) is 0 Å². The molecule has 0 aliphatic rings. The summed E-state index contributed by atoms with van der Waals surface area (Å²) in [5, 5.41) is 0. The van der Waals surface area contributed by atoms with Crippen LogP contribution >= 0.6 is 47.8 Å². The summed E-state index contributed by atoms with van der Waals surface area (Å²) in [6.07, 6.45) is 0. The summed E-state index contributed by atoms with van der Waals surface area (Å²) >= 11 is 9.60. The average molecular weight is 291 g/mol. The average Bonchev–Trinajstić information content (AvgIpc) is 1.30. The fourth-order valence-corrected chi connectivity index (χ4v) is 0.736. The van der Waals surface area contributed by atoms with Crippen LogP contribution in [0.1, 0.15) is 6.92 Å². The van der Waals surface area contributed by atoms with Crippen molar-refractivity contribution in [2.75, 3.05) is 0 Å². The van der Waals surface area contributed by atoms with Crippen LogP contribution in [0, 0.1) is 11.8 Å². The third-order valence-electron chi connectivity index (χ3n) is 0.267. The van der Waals surface area contributed by atoms with Gasteiger partial charge in [-0.05, 0) is 54.7 Å². The maximum absolute atomic E-state index is 3.20. The summed E-state index contributed by atoms with van der Waals surface area (Å²) < 4.78 is -0.373. The van der Waals surface area contributed by atoms with Gasteiger partial charge in [0.15, 0.2) is 2.14 Å². The Balaban J connectivity index is 3.72. The van der Waals surface area contributed by atoms with Gasteiger partial charge in [0.2, 0.25) is 0 Å². The van der Waals surface area contributed by atoms with Crippen molar-refractivity contribution >= 4 is 47.8 Å². The van der Waals surface area contributed by atoms with Crippen LogP contribution in [0.15, 0.2) is 0 Å². The number of alkyl halides is 3. The molecule has 0 fully saturated rings. The molecule has 0 spiro atoms. The smallest absolute Gasteiger partial charge is 0.103 e. The van der Waals surface area contributed by atoms with E-state index in [1.807, 2.05) is 0 Å². The molecule has 0 atom stereocenters. The minimum Gasteiger partial charge on any atom is -0.103 e. The number of halogens is 3. The second-order valence-electron chi connectivity index (χ2n) is 0.873. The Labute approximate surface area is 68.4 Å². The van der Waals surface area contributed by atoms with Gasteiger partial charge in [-0.1, -0.05) is 5.92 Å². The van der Waals surface area contributed by atoms with E-state index in [0.717, 1.165) is 0 Å². The van der Waals surface area contributed by atoms with Crippen LogP contribution in [0.4, 0.5) is 0 Å². The van der Waals surface area contributed by atoms with E-state index in [9.17, 15) is 0 Å². The van der Waals surface area contributed by atoms with Gasteiger partial charge in [-0.3, -0.25) is 0 Å². The topological polar surface area (TPSA) is 0 Å². The molecule has 0 aromatic rings. The lowest BCUT2D eigenvalue weighted by Crippen LogP contribution is -1.90. The fraction of sp³-hybridized carbons (Fsp3) is 0.500. The maximum Gasteiger partial charge on any atom is 0.194 e. The van der Waals surface area contributed by atoms with E-state index in [4.69, 9.17) is 0 Å². The standard InChI is InChI=1S/C4H3Br3/c1-2-3-4(5,6)7/h1H3. The van der Waals surface area contributed by atoms with Crippen molar-refractivity contribution in [3.05, 3.63) is 0 Å². The molecule has 0 heterocycles. The van der Waals surface area contributed by atoms with Crippen molar-refractivity contribution in [2.24, 2.45) is 0 Å². The molecule has 0 N–H and O–H groups in total. The first-order chi connectivity index (χ1) is 3.06. The molecule has 0 saturated carbocycles.